The number of aliphatic hydroxyl groups is 1. The summed E-state index contributed by atoms with van der Waals surface area (Å²) in [6.45, 7) is 3.85. The monoisotopic (exact) mass is 327 g/mol. The van der Waals surface area contributed by atoms with Gasteiger partial charge < -0.3 is 15.2 Å². The second kappa shape index (κ2) is 7.97. The van der Waals surface area contributed by atoms with Gasteiger partial charge in [-0.3, -0.25) is 4.79 Å². The van der Waals surface area contributed by atoms with Crippen molar-refractivity contribution in [3.05, 3.63) is 65.7 Å². The quantitative estimate of drug-likeness (QED) is 0.821. The van der Waals surface area contributed by atoms with Crippen molar-refractivity contribution in [3.8, 4) is 5.75 Å². The van der Waals surface area contributed by atoms with Crippen molar-refractivity contribution in [2.75, 3.05) is 13.7 Å². The molecule has 24 heavy (non-hydrogen) atoms. The molecule has 128 valence electrons. The molecule has 0 fully saturated rings. The zero-order valence-corrected chi connectivity index (χ0v) is 14.5. The highest BCUT2D eigenvalue weighted by molar-refractivity contribution is 5.83. The number of rotatable bonds is 7. The van der Waals surface area contributed by atoms with E-state index >= 15 is 0 Å². The Morgan fingerprint density at radius 2 is 1.79 bits per heavy atom. The maximum atomic E-state index is 12.6. The summed E-state index contributed by atoms with van der Waals surface area (Å²) in [4.78, 5) is 12.6. The molecule has 0 aromatic heterocycles. The summed E-state index contributed by atoms with van der Waals surface area (Å²) in [7, 11) is 1.62. The summed E-state index contributed by atoms with van der Waals surface area (Å²) in [5, 5.41) is 13.5. The molecule has 0 aliphatic heterocycles. The average molecular weight is 327 g/mol. The van der Waals surface area contributed by atoms with Crippen LogP contribution in [-0.2, 0) is 10.4 Å². The Labute approximate surface area is 143 Å². The van der Waals surface area contributed by atoms with Crippen LogP contribution >= 0.6 is 0 Å². The van der Waals surface area contributed by atoms with Gasteiger partial charge in [0.25, 0.3) is 0 Å². The van der Waals surface area contributed by atoms with Crippen LogP contribution in [-0.4, -0.2) is 24.7 Å². The lowest BCUT2D eigenvalue weighted by Gasteiger charge is -2.25. The summed E-state index contributed by atoms with van der Waals surface area (Å²) >= 11 is 0. The predicted octanol–water partition coefficient (Wildman–Crippen LogP) is 3.21. The van der Waals surface area contributed by atoms with Gasteiger partial charge in [0.1, 0.15) is 11.4 Å². The van der Waals surface area contributed by atoms with Crippen molar-refractivity contribution in [2.45, 2.75) is 31.8 Å². The molecular formula is C20H25NO3. The zero-order chi connectivity index (χ0) is 17.6. The molecule has 2 aromatic carbocycles. The van der Waals surface area contributed by atoms with Crippen LogP contribution in [0, 0.1) is 0 Å². The molecule has 0 radical (unpaired) electrons. The minimum Gasteiger partial charge on any atom is -0.497 e. The van der Waals surface area contributed by atoms with Gasteiger partial charge in [0, 0.05) is 0 Å². The number of amides is 1. The molecule has 1 amide bonds. The first-order chi connectivity index (χ1) is 11.5. The van der Waals surface area contributed by atoms with E-state index in [-0.39, 0.29) is 18.4 Å². The number of hydrogen-bond donors (Lipinski definition) is 2. The van der Waals surface area contributed by atoms with E-state index in [4.69, 9.17) is 4.74 Å². The van der Waals surface area contributed by atoms with Crippen molar-refractivity contribution >= 4 is 5.91 Å². The van der Waals surface area contributed by atoms with Crippen LogP contribution in [0.15, 0.2) is 54.6 Å². The number of benzene rings is 2. The normalized spacial score (nSPS) is 14.5. The Kier molecular flexibility index (Phi) is 5.99. The van der Waals surface area contributed by atoms with Gasteiger partial charge in [-0.05, 0) is 36.6 Å². The largest absolute Gasteiger partial charge is 0.497 e. The third kappa shape index (κ3) is 4.36. The van der Waals surface area contributed by atoms with Gasteiger partial charge in [0.05, 0.1) is 19.6 Å². The van der Waals surface area contributed by atoms with Crippen LogP contribution in [0.5, 0.6) is 5.75 Å². The van der Waals surface area contributed by atoms with E-state index in [1.807, 2.05) is 61.5 Å². The SMILES string of the molecule is CCC(C(=O)NCC(C)(O)c1ccccc1)c1ccc(OC)cc1. The Balaban J connectivity index is 2.03. The Morgan fingerprint density at radius 1 is 1.17 bits per heavy atom. The average Bonchev–Trinajstić information content (AvgIpc) is 2.62. The Morgan fingerprint density at radius 3 is 2.33 bits per heavy atom. The predicted molar refractivity (Wildman–Crippen MR) is 95.0 cm³/mol. The van der Waals surface area contributed by atoms with Crippen LogP contribution in [0.3, 0.4) is 0 Å². The molecule has 2 unspecified atom stereocenters. The summed E-state index contributed by atoms with van der Waals surface area (Å²) in [6, 6.07) is 16.9. The molecule has 2 N–H and O–H groups in total. The molecule has 0 heterocycles. The van der Waals surface area contributed by atoms with Crippen LogP contribution in [0.1, 0.15) is 37.3 Å². The van der Waals surface area contributed by atoms with Gasteiger partial charge in [-0.2, -0.15) is 0 Å². The number of methoxy groups -OCH3 is 1. The van der Waals surface area contributed by atoms with Gasteiger partial charge in [-0.25, -0.2) is 0 Å². The van der Waals surface area contributed by atoms with Gasteiger partial charge in [-0.1, -0.05) is 49.4 Å². The molecule has 0 bridgehead atoms. The van der Waals surface area contributed by atoms with Crippen molar-refractivity contribution in [2.24, 2.45) is 0 Å². The Bertz CT molecular complexity index is 650. The lowest BCUT2D eigenvalue weighted by molar-refractivity contribution is -0.123. The number of nitrogens with one attached hydrogen (secondary N) is 1. The topological polar surface area (TPSA) is 58.6 Å². The van der Waals surface area contributed by atoms with Crippen molar-refractivity contribution in [3.63, 3.8) is 0 Å². The Hall–Kier alpha value is -2.33. The van der Waals surface area contributed by atoms with Gasteiger partial charge in [0.15, 0.2) is 0 Å². The highest BCUT2D eigenvalue weighted by Gasteiger charge is 2.26. The van der Waals surface area contributed by atoms with Crippen LogP contribution in [0.25, 0.3) is 0 Å². The van der Waals surface area contributed by atoms with E-state index < -0.39 is 5.60 Å². The fourth-order valence-electron chi connectivity index (χ4n) is 2.69. The van der Waals surface area contributed by atoms with E-state index in [9.17, 15) is 9.90 Å². The summed E-state index contributed by atoms with van der Waals surface area (Å²) in [6.07, 6.45) is 0.686. The first kappa shape index (κ1) is 18.0. The molecule has 0 saturated carbocycles. The van der Waals surface area contributed by atoms with E-state index in [0.717, 1.165) is 16.9 Å². The van der Waals surface area contributed by atoms with Crippen LogP contribution < -0.4 is 10.1 Å². The van der Waals surface area contributed by atoms with E-state index in [1.165, 1.54) is 0 Å². The number of hydrogen-bond acceptors (Lipinski definition) is 3. The molecule has 2 rings (SSSR count). The third-order valence-electron chi connectivity index (χ3n) is 4.25. The minimum atomic E-state index is -1.10. The first-order valence-electron chi connectivity index (χ1n) is 8.17. The van der Waals surface area contributed by atoms with Gasteiger partial charge in [0.2, 0.25) is 5.91 Å². The fraction of sp³-hybridized carbons (Fsp3) is 0.350. The van der Waals surface area contributed by atoms with Crippen LogP contribution in [0.2, 0.25) is 0 Å². The molecule has 4 heteroatoms. The molecule has 0 aliphatic carbocycles. The van der Waals surface area contributed by atoms with Gasteiger partial charge in [-0.15, -0.1) is 0 Å². The molecule has 4 nitrogen and oxygen atoms in total. The first-order valence-corrected chi connectivity index (χ1v) is 8.17. The van der Waals surface area contributed by atoms with E-state index in [2.05, 4.69) is 5.32 Å². The number of carbonyl (C=O) groups is 1. The smallest absolute Gasteiger partial charge is 0.227 e. The zero-order valence-electron chi connectivity index (χ0n) is 14.5. The lowest BCUT2D eigenvalue weighted by atomic mass is 9.93. The highest BCUT2D eigenvalue weighted by atomic mass is 16.5. The van der Waals surface area contributed by atoms with E-state index in [1.54, 1.807) is 14.0 Å². The maximum absolute atomic E-state index is 12.6. The third-order valence-corrected chi connectivity index (χ3v) is 4.25. The van der Waals surface area contributed by atoms with Crippen molar-refractivity contribution in [1.29, 1.82) is 0 Å². The second-order valence-electron chi connectivity index (χ2n) is 6.09. The maximum Gasteiger partial charge on any atom is 0.227 e. The molecule has 0 aliphatic rings. The highest BCUT2D eigenvalue weighted by Crippen LogP contribution is 2.24. The molecule has 2 aromatic rings. The molecule has 0 spiro atoms. The van der Waals surface area contributed by atoms with Crippen LogP contribution in [0.4, 0.5) is 0 Å². The second-order valence-corrected chi connectivity index (χ2v) is 6.09. The number of carbonyl (C=O) groups excluding carboxylic acids is 1. The van der Waals surface area contributed by atoms with Crippen molar-refractivity contribution < 1.29 is 14.6 Å². The van der Waals surface area contributed by atoms with Gasteiger partial charge >= 0.3 is 0 Å². The summed E-state index contributed by atoms with van der Waals surface area (Å²) in [5.41, 5.74) is 0.618. The minimum absolute atomic E-state index is 0.0844. The van der Waals surface area contributed by atoms with E-state index in [0.29, 0.717) is 6.42 Å². The van der Waals surface area contributed by atoms with Crippen molar-refractivity contribution in [1.82, 2.24) is 5.32 Å². The lowest BCUT2D eigenvalue weighted by Crippen LogP contribution is -2.40. The number of ether oxygens (including phenoxy) is 1. The fourth-order valence-corrected chi connectivity index (χ4v) is 2.69. The summed E-state index contributed by atoms with van der Waals surface area (Å²) < 4.78 is 5.15. The molecule has 0 saturated heterocycles. The molecular weight excluding hydrogens is 302 g/mol. The summed E-state index contributed by atoms with van der Waals surface area (Å²) in [5.74, 6) is 0.433. The molecule has 2 atom stereocenters. The standard InChI is InChI=1S/C20H25NO3/c1-4-18(15-10-12-17(24-3)13-11-15)19(22)21-14-20(2,23)16-8-6-5-7-9-16/h5-13,18,23H,4,14H2,1-3H3,(H,21,22).